The molecule has 21 heavy (non-hydrogen) atoms. The van der Waals surface area contributed by atoms with Crippen LogP contribution in [-0.4, -0.2) is 24.5 Å². The van der Waals surface area contributed by atoms with Gasteiger partial charge in [-0.15, -0.1) is 0 Å². The zero-order valence-electron chi connectivity index (χ0n) is 12.7. The number of rotatable bonds is 3. The number of hydrogen-bond acceptors (Lipinski definition) is 3. The summed E-state index contributed by atoms with van der Waals surface area (Å²) in [6.45, 7) is 0. The van der Waals surface area contributed by atoms with Crippen molar-refractivity contribution in [2.45, 2.75) is 43.7 Å². The molecule has 1 heterocycles. The van der Waals surface area contributed by atoms with E-state index in [0.717, 1.165) is 24.0 Å². The maximum atomic E-state index is 13.3. The maximum Gasteiger partial charge on any atom is 0.134 e. The first-order valence-electron chi connectivity index (χ1n) is 7.65. The van der Waals surface area contributed by atoms with Gasteiger partial charge in [0.1, 0.15) is 17.2 Å². The Morgan fingerprint density at radius 3 is 2.57 bits per heavy atom. The van der Waals surface area contributed by atoms with Gasteiger partial charge in [0.2, 0.25) is 0 Å². The summed E-state index contributed by atoms with van der Waals surface area (Å²) in [5.74, 6) is 0.509. The highest BCUT2D eigenvalue weighted by atomic mass is 19.1. The van der Waals surface area contributed by atoms with Crippen molar-refractivity contribution in [1.82, 2.24) is 4.90 Å². The molecule has 1 aromatic heterocycles. The summed E-state index contributed by atoms with van der Waals surface area (Å²) < 4.78 is 19.2. The summed E-state index contributed by atoms with van der Waals surface area (Å²) in [4.78, 5) is 2.24. The third-order valence-corrected chi connectivity index (χ3v) is 4.99. The van der Waals surface area contributed by atoms with Crippen molar-refractivity contribution in [3.8, 4) is 0 Å². The minimum absolute atomic E-state index is 0.0648. The van der Waals surface area contributed by atoms with Crippen molar-refractivity contribution in [2.24, 2.45) is 5.73 Å². The van der Waals surface area contributed by atoms with E-state index in [0.29, 0.717) is 5.58 Å². The van der Waals surface area contributed by atoms with Crippen molar-refractivity contribution in [3.63, 3.8) is 0 Å². The van der Waals surface area contributed by atoms with E-state index in [1.165, 1.54) is 31.4 Å². The first-order chi connectivity index (χ1) is 10.0. The molecule has 1 aromatic carbocycles. The predicted molar refractivity (Wildman–Crippen MR) is 82.6 cm³/mol. The predicted octanol–water partition coefficient (Wildman–Crippen LogP) is 3.84. The molecule has 3 nitrogen and oxygen atoms in total. The molecule has 4 heteroatoms. The first-order valence-corrected chi connectivity index (χ1v) is 7.65. The fraction of sp³-hybridized carbons (Fsp3) is 0.529. The van der Waals surface area contributed by atoms with E-state index in [4.69, 9.17) is 10.2 Å². The van der Waals surface area contributed by atoms with Crippen LogP contribution in [-0.2, 0) is 0 Å². The summed E-state index contributed by atoms with van der Waals surface area (Å²) in [6.07, 6.45) is 5.81. The number of likely N-dealkylation sites (N-methyl/N-ethyl adjacent to an activating group) is 1. The van der Waals surface area contributed by atoms with Gasteiger partial charge in [0, 0.05) is 10.9 Å². The molecular formula is C17H23FN2O. The Balaban J connectivity index is 1.99. The Hall–Kier alpha value is -1.39. The van der Waals surface area contributed by atoms with E-state index in [2.05, 4.69) is 19.0 Å². The lowest BCUT2D eigenvalue weighted by atomic mass is 9.75. The van der Waals surface area contributed by atoms with Crippen molar-refractivity contribution in [2.75, 3.05) is 14.1 Å². The molecule has 3 rings (SSSR count). The number of benzene rings is 1. The zero-order valence-corrected chi connectivity index (χ0v) is 12.7. The Morgan fingerprint density at radius 1 is 1.19 bits per heavy atom. The van der Waals surface area contributed by atoms with E-state index >= 15 is 0 Å². The van der Waals surface area contributed by atoms with Gasteiger partial charge in [-0.05, 0) is 51.2 Å². The van der Waals surface area contributed by atoms with Crippen molar-refractivity contribution < 1.29 is 8.81 Å². The second-order valence-electron chi connectivity index (χ2n) is 6.37. The number of furan rings is 1. The van der Waals surface area contributed by atoms with Crippen LogP contribution in [0.15, 0.2) is 28.7 Å². The number of fused-ring (bicyclic) bond motifs is 1. The van der Waals surface area contributed by atoms with Crippen LogP contribution in [0.1, 0.15) is 43.9 Å². The Labute approximate surface area is 124 Å². The average Bonchev–Trinajstić information content (AvgIpc) is 2.89. The first kappa shape index (κ1) is 14.5. The van der Waals surface area contributed by atoms with Gasteiger partial charge in [0.05, 0.1) is 6.04 Å². The Morgan fingerprint density at radius 2 is 1.90 bits per heavy atom. The van der Waals surface area contributed by atoms with E-state index < -0.39 is 0 Å². The van der Waals surface area contributed by atoms with Crippen LogP contribution < -0.4 is 5.73 Å². The van der Waals surface area contributed by atoms with Gasteiger partial charge in [-0.2, -0.15) is 0 Å². The highest BCUT2D eigenvalue weighted by Gasteiger charge is 2.42. The topological polar surface area (TPSA) is 42.4 Å². The van der Waals surface area contributed by atoms with E-state index in [9.17, 15) is 4.39 Å². The Bertz CT molecular complexity index is 629. The fourth-order valence-corrected chi connectivity index (χ4v) is 3.65. The van der Waals surface area contributed by atoms with Crippen LogP contribution in [0.4, 0.5) is 4.39 Å². The fourth-order valence-electron chi connectivity index (χ4n) is 3.65. The maximum absolute atomic E-state index is 13.3. The number of nitrogens with two attached hydrogens (primary N) is 1. The molecule has 1 saturated carbocycles. The van der Waals surface area contributed by atoms with Gasteiger partial charge in [0.25, 0.3) is 0 Å². The molecule has 2 aromatic rings. The molecule has 0 spiro atoms. The van der Waals surface area contributed by atoms with Gasteiger partial charge < -0.3 is 15.1 Å². The van der Waals surface area contributed by atoms with Crippen LogP contribution in [0.25, 0.3) is 11.0 Å². The van der Waals surface area contributed by atoms with E-state index in [-0.39, 0.29) is 17.4 Å². The van der Waals surface area contributed by atoms with Gasteiger partial charge in [-0.1, -0.05) is 19.3 Å². The second-order valence-corrected chi connectivity index (χ2v) is 6.37. The molecule has 1 fully saturated rings. The standard InChI is InChI=1S/C17H23FN2O/c1-20(2)17(8-4-3-5-9-17)16(19)15-11-12-10-13(18)6-7-14(12)21-15/h6-7,10-11,16H,3-5,8-9,19H2,1-2H3. The molecule has 1 unspecified atom stereocenters. The second kappa shape index (κ2) is 5.43. The van der Waals surface area contributed by atoms with Crippen LogP contribution in [0.5, 0.6) is 0 Å². The molecule has 0 saturated heterocycles. The van der Waals surface area contributed by atoms with Gasteiger partial charge in [-0.3, -0.25) is 0 Å². The average molecular weight is 290 g/mol. The van der Waals surface area contributed by atoms with Crippen LogP contribution in [0.3, 0.4) is 0 Å². The van der Waals surface area contributed by atoms with Gasteiger partial charge in [0.15, 0.2) is 0 Å². The minimum Gasteiger partial charge on any atom is -0.459 e. The summed E-state index contributed by atoms with van der Waals surface area (Å²) >= 11 is 0. The zero-order chi connectivity index (χ0) is 15.0. The van der Waals surface area contributed by atoms with Gasteiger partial charge in [-0.25, -0.2) is 4.39 Å². The van der Waals surface area contributed by atoms with Crippen molar-refractivity contribution in [1.29, 1.82) is 0 Å². The molecule has 1 aliphatic carbocycles. The summed E-state index contributed by atoms with van der Waals surface area (Å²) in [5, 5.41) is 0.783. The lowest BCUT2D eigenvalue weighted by Gasteiger charge is -2.46. The van der Waals surface area contributed by atoms with Gasteiger partial charge >= 0.3 is 0 Å². The molecule has 0 bridgehead atoms. The lowest BCUT2D eigenvalue weighted by Crippen LogP contribution is -2.53. The molecule has 1 atom stereocenters. The highest BCUT2D eigenvalue weighted by molar-refractivity contribution is 5.78. The smallest absolute Gasteiger partial charge is 0.134 e. The quantitative estimate of drug-likeness (QED) is 0.934. The minimum atomic E-state index is -0.247. The van der Waals surface area contributed by atoms with Crippen molar-refractivity contribution in [3.05, 3.63) is 35.8 Å². The molecule has 0 amide bonds. The van der Waals surface area contributed by atoms with Crippen LogP contribution in [0, 0.1) is 5.82 Å². The number of hydrogen-bond donors (Lipinski definition) is 1. The van der Waals surface area contributed by atoms with Crippen molar-refractivity contribution >= 4 is 11.0 Å². The highest BCUT2D eigenvalue weighted by Crippen LogP contribution is 2.41. The number of nitrogens with zero attached hydrogens (tertiary/aromatic N) is 1. The molecule has 0 aliphatic heterocycles. The summed E-state index contributed by atoms with van der Waals surface area (Å²) in [5.41, 5.74) is 7.21. The Kier molecular flexibility index (Phi) is 3.76. The van der Waals surface area contributed by atoms with E-state index in [1.807, 2.05) is 6.07 Å². The molecule has 114 valence electrons. The molecule has 1 aliphatic rings. The lowest BCUT2D eigenvalue weighted by molar-refractivity contribution is 0.0641. The summed E-state index contributed by atoms with van der Waals surface area (Å²) in [6, 6.07) is 6.29. The number of halogens is 1. The SMILES string of the molecule is CN(C)C1(C(N)c2cc3cc(F)ccc3o2)CCCCC1. The normalized spacial score (nSPS) is 20.0. The third-order valence-electron chi connectivity index (χ3n) is 4.99. The van der Waals surface area contributed by atoms with Crippen LogP contribution >= 0.6 is 0 Å². The van der Waals surface area contributed by atoms with E-state index in [1.54, 1.807) is 6.07 Å². The van der Waals surface area contributed by atoms with Crippen LogP contribution in [0.2, 0.25) is 0 Å². The monoisotopic (exact) mass is 290 g/mol. The molecule has 0 radical (unpaired) electrons. The third kappa shape index (κ3) is 2.47. The molecular weight excluding hydrogens is 267 g/mol. The molecule has 2 N–H and O–H groups in total. The largest absolute Gasteiger partial charge is 0.459 e. The summed E-state index contributed by atoms with van der Waals surface area (Å²) in [7, 11) is 4.18.